The SMILES string of the molecule is NOCCc1cccc2cnsc12. The number of hydrogen-bond acceptors (Lipinski definition) is 4. The maximum absolute atomic E-state index is 4.98. The van der Waals surface area contributed by atoms with Crippen LogP contribution < -0.4 is 5.90 Å². The number of fused-ring (bicyclic) bond motifs is 1. The van der Waals surface area contributed by atoms with Crippen LogP contribution in [0, 0.1) is 0 Å². The summed E-state index contributed by atoms with van der Waals surface area (Å²) in [5.74, 6) is 4.98. The van der Waals surface area contributed by atoms with Crippen molar-refractivity contribution in [2.45, 2.75) is 6.42 Å². The van der Waals surface area contributed by atoms with Gasteiger partial charge in [0.1, 0.15) is 0 Å². The molecule has 1 aromatic heterocycles. The summed E-state index contributed by atoms with van der Waals surface area (Å²) in [5, 5.41) is 1.19. The first-order chi connectivity index (χ1) is 6.42. The van der Waals surface area contributed by atoms with E-state index in [2.05, 4.69) is 21.3 Å². The fourth-order valence-electron chi connectivity index (χ4n) is 1.32. The Kier molecular flexibility index (Phi) is 2.54. The minimum Gasteiger partial charge on any atom is -0.304 e. The molecule has 0 amide bonds. The largest absolute Gasteiger partial charge is 0.304 e. The molecule has 1 aromatic carbocycles. The summed E-state index contributed by atoms with van der Waals surface area (Å²) in [6, 6.07) is 6.17. The third kappa shape index (κ3) is 1.70. The van der Waals surface area contributed by atoms with Gasteiger partial charge in [-0.2, -0.15) is 4.37 Å². The van der Waals surface area contributed by atoms with Crippen LogP contribution in [0.1, 0.15) is 5.56 Å². The van der Waals surface area contributed by atoms with Crippen molar-refractivity contribution in [3.05, 3.63) is 30.0 Å². The molecule has 13 heavy (non-hydrogen) atoms. The van der Waals surface area contributed by atoms with E-state index in [-0.39, 0.29) is 0 Å². The van der Waals surface area contributed by atoms with Gasteiger partial charge in [-0.3, -0.25) is 0 Å². The molecule has 0 saturated heterocycles. The maximum Gasteiger partial charge on any atom is 0.0720 e. The average molecular weight is 194 g/mol. The van der Waals surface area contributed by atoms with Gasteiger partial charge in [0.2, 0.25) is 0 Å². The van der Waals surface area contributed by atoms with Gasteiger partial charge >= 0.3 is 0 Å². The van der Waals surface area contributed by atoms with Crippen LogP contribution in [0.5, 0.6) is 0 Å². The summed E-state index contributed by atoms with van der Waals surface area (Å²) in [6.45, 7) is 0.553. The molecule has 0 fully saturated rings. The zero-order chi connectivity index (χ0) is 9.10. The number of rotatable bonds is 3. The van der Waals surface area contributed by atoms with Crippen molar-refractivity contribution in [1.29, 1.82) is 0 Å². The highest BCUT2D eigenvalue weighted by molar-refractivity contribution is 7.13. The van der Waals surface area contributed by atoms with E-state index in [1.165, 1.54) is 27.2 Å². The molecule has 0 atom stereocenters. The van der Waals surface area contributed by atoms with Crippen LogP contribution in [0.15, 0.2) is 24.4 Å². The summed E-state index contributed by atoms with van der Waals surface area (Å²) in [6.07, 6.45) is 2.73. The third-order valence-electron chi connectivity index (χ3n) is 1.95. The zero-order valence-electron chi connectivity index (χ0n) is 7.06. The van der Waals surface area contributed by atoms with Crippen LogP contribution in [0.4, 0.5) is 0 Å². The van der Waals surface area contributed by atoms with Gasteiger partial charge in [0.15, 0.2) is 0 Å². The zero-order valence-corrected chi connectivity index (χ0v) is 7.88. The normalized spacial score (nSPS) is 10.8. The standard InChI is InChI=1S/C9H10N2OS/c10-12-5-4-7-2-1-3-8-6-11-13-9(7)8/h1-3,6H,4-5,10H2. The molecule has 0 aliphatic rings. The topological polar surface area (TPSA) is 48.1 Å². The molecule has 0 spiro atoms. The molecule has 3 nitrogen and oxygen atoms in total. The van der Waals surface area contributed by atoms with Crippen LogP contribution in [-0.4, -0.2) is 11.0 Å². The van der Waals surface area contributed by atoms with Gasteiger partial charge in [-0.05, 0) is 23.5 Å². The van der Waals surface area contributed by atoms with Crippen LogP contribution >= 0.6 is 11.5 Å². The lowest BCUT2D eigenvalue weighted by Gasteiger charge is -2.00. The Morgan fingerprint density at radius 3 is 3.23 bits per heavy atom. The van der Waals surface area contributed by atoms with Gasteiger partial charge in [0.05, 0.1) is 11.3 Å². The van der Waals surface area contributed by atoms with Crippen molar-refractivity contribution >= 4 is 21.6 Å². The van der Waals surface area contributed by atoms with Crippen molar-refractivity contribution in [1.82, 2.24) is 4.37 Å². The monoisotopic (exact) mass is 194 g/mol. The van der Waals surface area contributed by atoms with E-state index in [9.17, 15) is 0 Å². The molecule has 0 bridgehead atoms. The van der Waals surface area contributed by atoms with Crippen molar-refractivity contribution in [3.8, 4) is 0 Å². The molecule has 2 aromatic rings. The number of aromatic nitrogens is 1. The van der Waals surface area contributed by atoms with E-state index in [1.807, 2.05) is 12.3 Å². The first-order valence-corrected chi connectivity index (χ1v) is 4.83. The summed E-state index contributed by atoms with van der Waals surface area (Å²) in [7, 11) is 0. The predicted molar refractivity (Wildman–Crippen MR) is 53.5 cm³/mol. The summed E-state index contributed by atoms with van der Waals surface area (Å²) in [5.41, 5.74) is 1.26. The highest BCUT2D eigenvalue weighted by Crippen LogP contribution is 2.22. The summed E-state index contributed by atoms with van der Waals surface area (Å²) >= 11 is 1.52. The second-order valence-corrected chi connectivity index (χ2v) is 3.58. The molecule has 0 aliphatic heterocycles. The maximum atomic E-state index is 4.98. The molecule has 1 heterocycles. The van der Waals surface area contributed by atoms with Crippen LogP contribution in [-0.2, 0) is 11.3 Å². The fourth-order valence-corrected chi connectivity index (χ4v) is 2.10. The van der Waals surface area contributed by atoms with Crippen molar-refractivity contribution in [2.75, 3.05) is 6.61 Å². The predicted octanol–water partition coefficient (Wildman–Crippen LogP) is 1.73. The first-order valence-electron chi connectivity index (χ1n) is 4.06. The Morgan fingerprint density at radius 2 is 2.38 bits per heavy atom. The molecular weight excluding hydrogens is 184 g/mol. The van der Waals surface area contributed by atoms with E-state index in [4.69, 9.17) is 5.90 Å². The number of benzene rings is 1. The van der Waals surface area contributed by atoms with E-state index < -0.39 is 0 Å². The Morgan fingerprint density at radius 1 is 1.46 bits per heavy atom. The number of nitrogens with two attached hydrogens (primary N) is 1. The molecule has 0 aliphatic carbocycles. The van der Waals surface area contributed by atoms with E-state index in [1.54, 1.807) is 0 Å². The highest BCUT2D eigenvalue weighted by Gasteiger charge is 2.01. The smallest absolute Gasteiger partial charge is 0.0720 e. The molecule has 2 N–H and O–H groups in total. The number of nitrogens with zero attached hydrogens (tertiary/aromatic N) is 1. The van der Waals surface area contributed by atoms with E-state index in [0.29, 0.717) is 6.61 Å². The van der Waals surface area contributed by atoms with Crippen LogP contribution in [0.3, 0.4) is 0 Å². The van der Waals surface area contributed by atoms with E-state index in [0.717, 1.165) is 6.42 Å². The van der Waals surface area contributed by atoms with Gasteiger partial charge in [0, 0.05) is 11.6 Å². The van der Waals surface area contributed by atoms with Crippen molar-refractivity contribution in [3.63, 3.8) is 0 Å². The molecular formula is C9H10N2OS. The van der Waals surface area contributed by atoms with Crippen molar-refractivity contribution < 1.29 is 4.84 Å². The summed E-state index contributed by atoms with van der Waals surface area (Å²) in [4.78, 5) is 4.56. The summed E-state index contributed by atoms with van der Waals surface area (Å²) < 4.78 is 5.38. The molecule has 4 heteroatoms. The van der Waals surface area contributed by atoms with Crippen molar-refractivity contribution in [2.24, 2.45) is 5.90 Å². The van der Waals surface area contributed by atoms with Gasteiger partial charge < -0.3 is 4.84 Å². The lowest BCUT2D eigenvalue weighted by atomic mass is 10.1. The molecule has 0 saturated carbocycles. The second-order valence-electron chi connectivity index (χ2n) is 2.78. The second kappa shape index (κ2) is 3.83. The number of hydrogen-bond donors (Lipinski definition) is 1. The molecule has 0 unspecified atom stereocenters. The van der Waals surface area contributed by atoms with Gasteiger partial charge in [-0.15, -0.1) is 0 Å². The molecule has 2 rings (SSSR count). The molecule has 0 radical (unpaired) electrons. The minimum absolute atomic E-state index is 0.553. The van der Waals surface area contributed by atoms with Gasteiger partial charge in [-0.25, -0.2) is 5.90 Å². The Balaban J connectivity index is 2.37. The van der Waals surface area contributed by atoms with Gasteiger partial charge in [-0.1, -0.05) is 18.2 Å². The lowest BCUT2D eigenvalue weighted by Crippen LogP contribution is -2.03. The first kappa shape index (κ1) is 8.62. The Labute approximate surface area is 80.3 Å². The third-order valence-corrected chi connectivity index (χ3v) is 2.84. The lowest BCUT2D eigenvalue weighted by molar-refractivity contribution is 0.141. The Hall–Kier alpha value is -0.970. The molecule has 68 valence electrons. The van der Waals surface area contributed by atoms with E-state index >= 15 is 0 Å². The highest BCUT2D eigenvalue weighted by atomic mass is 32.1. The van der Waals surface area contributed by atoms with Crippen LogP contribution in [0.25, 0.3) is 10.1 Å². The van der Waals surface area contributed by atoms with Crippen LogP contribution in [0.2, 0.25) is 0 Å². The minimum atomic E-state index is 0.553. The fraction of sp³-hybridized carbons (Fsp3) is 0.222. The van der Waals surface area contributed by atoms with Gasteiger partial charge in [0.25, 0.3) is 0 Å². The Bertz CT molecular complexity index is 399. The average Bonchev–Trinajstić information content (AvgIpc) is 2.62. The quantitative estimate of drug-likeness (QED) is 0.757.